The molecule has 0 aromatic carbocycles. The third kappa shape index (κ3) is 186. The Morgan fingerprint density at radius 1 is 1.38 bits per heavy atom. The van der Waals surface area contributed by atoms with Gasteiger partial charge in [-0.1, -0.05) is 47.4 Å². The van der Waals surface area contributed by atoms with Gasteiger partial charge in [-0.3, -0.25) is 0 Å². The fraction of sp³-hybridized carbons (Fsp3) is 0.500. The Balaban J connectivity index is -0.0000000575. The van der Waals surface area contributed by atoms with E-state index < -0.39 is 4.30 Å². The molecule has 0 amide bonds. The molecule has 0 saturated heterocycles. The molecule has 1 nitrogen and oxygen atoms in total. The third-order valence-electron chi connectivity index (χ3n) is 0. The van der Waals surface area contributed by atoms with Gasteiger partial charge in [-0.2, -0.15) is 5.26 Å². The van der Waals surface area contributed by atoms with Gasteiger partial charge in [-0.15, -0.1) is 0 Å². The Morgan fingerprint density at radius 2 is 1.38 bits per heavy atom. The molecule has 0 N–H and O–H groups in total. The van der Waals surface area contributed by atoms with Crippen LogP contribution in [0.15, 0.2) is 0 Å². The van der Waals surface area contributed by atoms with Gasteiger partial charge in [0.15, 0.2) is 4.30 Å². The minimum atomic E-state index is -0.750. The summed E-state index contributed by atoms with van der Waals surface area (Å²) in [4.78, 5) is 0. The van der Waals surface area contributed by atoms with Crippen molar-refractivity contribution in [2.45, 2.75) is 4.30 Å². The van der Waals surface area contributed by atoms with E-state index in [2.05, 4.69) is 12.6 Å². The van der Waals surface area contributed by atoms with E-state index in [0.29, 0.717) is 0 Å². The number of thiol groups is 1. The zero-order chi connectivity index (χ0) is 6.28. The van der Waals surface area contributed by atoms with Gasteiger partial charge in [0.05, 0.1) is 0 Å². The van der Waals surface area contributed by atoms with Crippen molar-refractivity contribution in [1.29, 1.82) is 5.26 Å². The van der Waals surface area contributed by atoms with Crippen molar-refractivity contribution in [3.05, 3.63) is 0 Å². The minimum absolute atomic E-state index is 0. The number of rotatable bonds is 0. The van der Waals surface area contributed by atoms with E-state index in [1.54, 1.807) is 0 Å². The van der Waals surface area contributed by atoms with Crippen LogP contribution in [0.5, 0.6) is 0 Å². The molecule has 0 rings (SSSR count). The van der Waals surface area contributed by atoms with Crippen LogP contribution in [0.4, 0.5) is 0 Å². The van der Waals surface area contributed by atoms with Crippen LogP contribution >= 0.6 is 47.4 Å². The Labute approximate surface area is 79.2 Å². The molecule has 0 aliphatic carbocycles. The molecule has 8 heavy (non-hydrogen) atoms. The number of hydrogen-bond acceptors (Lipinski definition) is 2. The maximum Gasteiger partial charge on any atom is 0.180 e. The van der Waals surface area contributed by atoms with Crippen molar-refractivity contribution < 1.29 is 17.1 Å². The van der Waals surface area contributed by atoms with Crippen molar-refractivity contribution >= 4 is 47.4 Å². The zero-order valence-corrected chi connectivity index (χ0v) is 7.73. The van der Waals surface area contributed by atoms with E-state index in [4.69, 9.17) is 40.1 Å². The van der Waals surface area contributed by atoms with Crippen LogP contribution in [-0.4, -0.2) is 4.30 Å². The van der Waals surface area contributed by atoms with Crippen LogP contribution < -0.4 is 0 Å². The van der Waals surface area contributed by atoms with Gasteiger partial charge in [-0.25, -0.2) is 0 Å². The summed E-state index contributed by atoms with van der Waals surface area (Å²) < 4.78 is -0.750. The van der Waals surface area contributed by atoms with Crippen molar-refractivity contribution in [3.8, 4) is 5.40 Å². The Kier molecular flexibility index (Phi) is 31.7. The van der Waals surface area contributed by atoms with Crippen LogP contribution in [0.1, 0.15) is 0 Å². The summed E-state index contributed by atoms with van der Waals surface area (Å²) in [6.45, 7) is 0. The molecule has 0 aliphatic heterocycles. The SMILES string of the molecule is ClC(Cl)Cl.N#CS.[Fe]. The normalized spacial score (nSPS) is 5.50. The van der Waals surface area contributed by atoms with Crippen molar-refractivity contribution in [2.75, 3.05) is 0 Å². The summed E-state index contributed by atoms with van der Waals surface area (Å²) >= 11 is 17.5. The predicted octanol–water partition coefficient (Wildman–Crippen LogP) is 2.38. The smallest absolute Gasteiger partial charge is 0.180 e. The fourth-order valence-corrected chi connectivity index (χ4v) is 0. The first-order chi connectivity index (χ1) is 3.15. The minimum Gasteiger partial charge on any atom is -0.185 e. The van der Waals surface area contributed by atoms with Crippen LogP contribution in [0.25, 0.3) is 0 Å². The Morgan fingerprint density at radius 3 is 1.38 bits per heavy atom. The number of halogens is 3. The molecular weight excluding hydrogens is 232 g/mol. The molecular formula is C2H2Cl3FeNS. The van der Waals surface area contributed by atoms with Crippen LogP contribution in [0.3, 0.4) is 0 Å². The van der Waals surface area contributed by atoms with Gasteiger partial charge in [0.1, 0.15) is 5.40 Å². The topological polar surface area (TPSA) is 23.8 Å². The summed E-state index contributed by atoms with van der Waals surface area (Å²) in [6, 6.07) is 0. The summed E-state index contributed by atoms with van der Waals surface area (Å²) in [7, 11) is 0. The first kappa shape index (κ1) is 16.1. The zero-order valence-electron chi connectivity index (χ0n) is 3.46. The first-order valence-electron chi connectivity index (χ1n) is 1.10. The molecule has 0 aromatic rings. The maximum atomic E-state index is 7.18. The van der Waals surface area contributed by atoms with E-state index in [1.807, 2.05) is 0 Å². The number of alkyl halides is 3. The molecule has 0 atom stereocenters. The monoisotopic (exact) mass is 233 g/mol. The van der Waals surface area contributed by atoms with Crippen LogP contribution in [0, 0.1) is 10.7 Å². The van der Waals surface area contributed by atoms with E-state index >= 15 is 0 Å². The summed E-state index contributed by atoms with van der Waals surface area (Å²) in [6.07, 6.45) is 0. The van der Waals surface area contributed by atoms with Gasteiger partial charge in [0, 0.05) is 17.1 Å². The molecule has 50 valence electrons. The Hall–Kier alpha value is 1.23. The third-order valence-corrected chi connectivity index (χ3v) is 0. The van der Waals surface area contributed by atoms with E-state index in [-0.39, 0.29) is 17.1 Å². The molecule has 0 heterocycles. The van der Waals surface area contributed by atoms with Crippen molar-refractivity contribution in [2.24, 2.45) is 0 Å². The first-order valence-corrected chi connectivity index (χ1v) is 2.86. The van der Waals surface area contributed by atoms with E-state index in [1.165, 1.54) is 5.40 Å². The van der Waals surface area contributed by atoms with Crippen LogP contribution in [0.2, 0.25) is 0 Å². The standard InChI is InChI=1S/CHCl3.CHNS.Fe/c2-1(3)4;2-1-3;/h1H;3H;. The number of thiocyanates is 1. The molecule has 0 bridgehead atoms. The molecule has 0 fully saturated rings. The number of nitrogens with zero attached hydrogens (tertiary/aromatic N) is 1. The molecule has 6 heteroatoms. The number of hydrogen-bond donors (Lipinski definition) is 1. The van der Waals surface area contributed by atoms with Gasteiger partial charge in [0.2, 0.25) is 0 Å². The quantitative estimate of drug-likeness (QED) is 0.296. The second kappa shape index (κ2) is 15.7. The van der Waals surface area contributed by atoms with Gasteiger partial charge >= 0.3 is 0 Å². The summed E-state index contributed by atoms with van der Waals surface area (Å²) in [5, 5.41) is 8.63. The largest absolute Gasteiger partial charge is 0.185 e. The Bertz CT molecular complexity index is 60.0. The molecule has 0 spiro atoms. The second-order valence-corrected chi connectivity index (χ2v) is 2.53. The fourth-order valence-electron chi connectivity index (χ4n) is 0. The van der Waals surface area contributed by atoms with E-state index in [0.717, 1.165) is 0 Å². The molecule has 0 aromatic heterocycles. The van der Waals surface area contributed by atoms with E-state index in [9.17, 15) is 0 Å². The van der Waals surface area contributed by atoms with Gasteiger partial charge < -0.3 is 0 Å². The second-order valence-electron chi connectivity index (χ2n) is 0.347. The summed E-state index contributed by atoms with van der Waals surface area (Å²) in [5.74, 6) is 0. The molecule has 0 radical (unpaired) electrons. The predicted molar refractivity (Wildman–Crippen MR) is 35.9 cm³/mol. The van der Waals surface area contributed by atoms with Crippen molar-refractivity contribution in [1.82, 2.24) is 0 Å². The van der Waals surface area contributed by atoms with Crippen LogP contribution in [-0.2, 0) is 17.1 Å². The molecule has 0 saturated carbocycles. The maximum absolute atomic E-state index is 7.18. The number of nitriles is 1. The average molecular weight is 234 g/mol. The molecule has 0 unspecified atom stereocenters. The van der Waals surface area contributed by atoms with Gasteiger partial charge in [0.25, 0.3) is 0 Å². The van der Waals surface area contributed by atoms with Crippen molar-refractivity contribution in [3.63, 3.8) is 0 Å². The van der Waals surface area contributed by atoms with Gasteiger partial charge in [-0.05, 0) is 0 Å². The average Bonchev–Trinajstić information content (AvgIpc) is 1.33. The summed E-state index contributed by atoms with van der Waals surface area (Å²) in [5.41, 5.74) is 0. The molecule has 0 aliphatic rings.